The summed E-state index contributed by atoms with van der Waals surface area (Å²) in [5, 5.41) is 0. The normalized spacial score (nSPS) is 16.0. The predicted octanol–water partition coefficient (Wildman–Crippen LogP) is 1.56. The molecule has 0 atom stereocenters. The van der Waals surface area contributed by atoms with E-state index in [4.69, 9.17) is 9.47 Å². The third kappa shape index (κ3) is 4.43. The number of carbonyl (C=O) groups is 2. The molecule has 2 aromatic carbocycles. The van der Waals surface area contributed by atoms with Crippen LogP contribution in [0.5, 0.6) is 11.5 Å². The number of carbonyl (C=O) groups excluding carboxylic acids is 2. The van der Waals surface area contributed by atoms with Crippen LogP contribution in [0, 0.1) is 0 Å². The molecular weight excluding hydrogens is 422 g/mol. The van der Waals surface area contributed by atoms with Gasteiger partial charge in [0.15, 0.2) is 11.5 Å². The Morgan fingerprint density at radius 2 is 1.55 bits per heavy atom. The Hall–Kier alpha value is -3.27. The molecule has 2 amide bonds. The number of ether oxygens (including phenoxy) is 2. The van der Waals surface area contributed by atoms with Gasteiger partial charge in [0.2, 0.25) is 5.91 Å². The minimum absolute atomic E-state index is 0.00840. The van der Waals surface area contributed by atoms with E-state index in [-0.39, 0.29) is 28.0 Å². The molecule has 0 radical (unpaired) electrons. The van der Waals surface area contributed by atoms with E-state index in [1.807, 2.05) is 0 Å². The summed E-state index contributed by atoms with van der Waals surface area (Å²) in [6, 6.07) is 10.9. The van der Waals surface area contributed by atoms with Crippen molar-refractivity contribution in [1.82, 2.24) is 9.80 Å². The third-order valence-corrected chi connectivity index (χ3v) is 6.60. The zero-order valence-corrected chi connectivity index (χ0v) is 17.9. The number of fused-ring (bicyclic) bond motifs is 1. The number of sulfonamides is 1. The number of hydrogen-bond donors (Lipinski definition) is 1. The molecule has 164 valence electrons. The summed E-state index contributed by atoms with van der Waals surface area (Å²) >= 11 is 0. The van der Waals surface area contributed by atoms with Gasteiger partial charge in [-0.05, 0) is 24.3 Å². The second kappa shape index (κ2) is 8.46. The molecule has 0 saturated carbocycles. The van der Waals surface area contributed by atoms with Crippen molar-refractivity contribution in [3.05, 3.63) is 48.0 Å². The van der Waals surface area contributed by atoms with Crippen LogP contribution in [0.2, 0.25) is 0 Å². The van der Waals surface area contributed by atoms with E-state index < -0.39 is 10.0 Å². The van der Waals surface area contributed by atoms with Gasteiger partial charge in [0.05, 0.1) is 16.1 Å². The Morgan fingerprint density at radius 3 is 2.26 bits per heavy atom. The second-order valence-corrected chi connectivity index (χ2v) is 8.94. The molecule has 2 aliphatic rings. The fourth-order valence-electron chi connectivity index (χ4n) is 3.55. The van der Waals surface area contributed by atoms with Gasteiger partial charge in [-0.1, -0.05) is 12.1 Å². The standard InChI is InChI=1S/C21H23N3O6S/c1-15(25)23-8-10-24(11-9-23)21(26)17-4-2-3-5-18(17)22-31(27,28)16-6-7-19-20(14-16)30-13-12-29-19/h2-7,14,22H,8-13H2,1H3. The Balaban J connectivity index is 1.55. The molecule has 2 aromatic rings. The molecule has 1 fully saturated rings. The maximum absolute atomic E-state index is 13.1. The summed E-state index contributed by atoms with van der Waals surface area (Å²) in [4.78, 5) is 27.9. The summed E-state index contributed by atoms with van der Waals surface area (Å²) < 4.78 is 39.4. The van der Waals surface area contributed by atoms with Gasteiger partial charge < -0.3 is 19.3 Å². The third-order valence-electron chi connectivity index (χ3n) is 5.24. The maximum atomic E-state index is 13.1. The number of hydrogen-bond acceptors (Lipinski definition) is 6. The molecule has 1 N–H and O–H groups in total. The molecule has 0 spiro atoms. The highest BCUT2D eigenvalue weighted by Gasteiger charge is 2.26. The number of anilines is 1. The molecule has 2 heterocycles. The van der Waals surface area contributed by atoms with E-state index in [9.17, 15) is 18.0 Å². The number of nitrogens with zero attached hydrogens (tertiary/aromatic N) is 2. The van der Waals surface area contributed by atoms with Gasteiger partial charge in [0.1, 0.15) is 13.2 Å². The van der Waals surface area contributed by atoms with Crippen LogP contribution in [0.3, 0.4) is 0 Å². The van der Waals surface area contributed by atoms with Gasteiger partial charge in [0, 0.05) is 39.2 Å². The zero-order valence-electron chi connectivity index (χ0n) is 17.0. The number of amides is 2. The highest BCUT2D eigenvalue weighted by molar-refractivity contribution is 7.92. The second-order valence-electron chi connectivity index (χ2n) is 7.25. The highest BCUT2D eigenvalue weighted by atomic mass is 32.2. The van der Waals surface area contributed by atoms with E-state index in [2.05, 4.69) is 4.72 Å². The molecular formula is C21H23N3O6S. The lowest BCUT2D eigenvalue weighted by molar-refractivity contribution is -0.130. The summed E-state index contributed by atoms with van der Waals surface area (Å²) in [5.41, 5.74) is 0.441. The van der Waals surface area contributed by atoms with Crippen molar-refractivity contribution in [2.45, 2.75) is 11.8 Å². The fourth-order valence-corrected chi connectivity index (χ4v) is 4.64. The van der Waals surface area contributed by atoms with E-state index >= 15 is 0 Å². The Kier molecular flexibility index (Phi) is 5.73. The van der Waals surface area contributed by atoms with Crippen molar-refractivity contribution in [2.24, 2.45) is 0 Å². The maximum Gasteiger partial charge on any atom is 0.262 e. The Labute approximate surface area is 180 Å². The SMILES string of the molecule is CC(=O)N1CCN(C(=O)c2ccccc2NS(=O)(=O)c2ccc3c(c2)OCCO3)CC1. The van der Waals surface area contributed by atoms with Crippen LogP contribution in [0.15, 0.2) is 47.4 Å². The molecule has 0 aliphatic carbocycles. The van der Waals surface area contributed by atoms with Crippen molar-refractivity contribution < 1.29 is 27.5 Å². The van der Waals surface area contributed by atoms with Crippen molar-refractivity contribution in [2.75, 3.05) is 44.1 Å². The largest absolute Gasteiger partial charge is 0.486 e. The van der Waals surface area contributed by atoms with E-state index in [0.717, 1.165) is 0 Å². The lowest BCUT2D eigenvalue weighted by atomic mass is 10.1. The smallest absolute Gasteiger partial charge is 0.262 e. The monoisotopic (exact) mass is 445 g/mol. The summed E-state index contributed by atoms with van der Waals surface area (Å²) in [5.74, 6) is 0.538. The van der Waals surface area contributed by atoms with Crippen LogP contribution in [-0.4, -0.2) is 69.4 Å². The van der Waals surface area contributed by atoms with Crippen LogP contribution in [0.4, 0.5) is 5.69 Å². The first-order chi connectivity index (χ1) is 14.8. The van der Waals surface area contributed by atoms with E-state index in [1.54, 1.807) is 40.1 Å². The van der Waals surface area contributed by atoms with Crippen LogP contribution < -0.4 is 14.2 Å². The van der Waals surface area contributed by atoms with Crippen LogP contribution >= 0.6 is 0 Å². The molecule has 0 bridgehead atoms. The van der Waals surface area contributed by atoms with E-state index in [0.29, 0.717) is 50.9 Å². The molecule has 10 heteroatoms. The minimum atomic E-state index is -3.96. The molecule has 9 nitrogen and oxygen atoms in total. The van der Waals surface area contributed by atoms with Crippen molar-refractivity contribution in [3.8, 4) is 11.5 Å². The first-order valence-corrected chi connectivity index (χ1v) is 11.4. The fraction of sp³-hybridized carbons (Fsp3) is 0.333. The Bertz CT molecular complexity index is 1110. The lowest BCUT2D eigenvalue weighted by Crippen LogP contribution is -2.50. The number of benzene rings is 2. The zero-order chi connectivity index (χ0) is 22.0. The van der Waals surface area contributed by atoms with E-state index in [1.165, 1.54) is 19.1 Å². The van der Waals surface area contributed by atoms with Crippen molar-refractivity contribution in [3.63, 3.8) is 0 Å². The molecule has 0 aromatic heterocycles. The average Bonchev–Trinajstić information content (AvgIpc) is 2.78. The summed E-state index contributed by atoms with van der Waals surface area (Å²) in [7, 11) is -3.96. The van der Waals surface area contributed by atoms with Gasteiger partial charge in [0.25, 0.3) is 15.9 Å². The molecule has 2 aliphatic heterocycles. The van der Waals surface area contributed by atoms with Gasteiger partial charge >= 0.3 is 0 Å². The molecule has 31 heavy (non-hydrogen) atoms. The van der Waals surface area contributed by atoms with Crippen LogP contribution in [0.1, 0.15) is 17.3 Å². The summed E-state index contributed by atoms with van der Waals surface area (Å²) in [6.07, 6.45) is 0. The highest BCUT2D eigenvalue weighted by Crippen LogP contribution is 2.33. The number of piperazine rings is 1. The number of para-hydroxylation sites is 1. The average molecular weight is 445 g/mol. The van der Waals surface area contributed by atoms with Crippen molar-refractivity contribution in [1.29, 1.82) is 0 Å². The quantitative estimate of drug-likeness (QED) is 0.766. The summed E-state index contributed by atoms with van der Waals surface area (Å²) in [6.45, 7) is 3.94. The van der Waals surface area contributed by atoms with Crippen LogP contribution in [-0.2, 0) is 14.8 Å². The molecule has 4 rings (SSSR count). The van der Waals surface area contributed by atoms with Crippen LogP contribution in [0.25, 0.3) is 0 Å². The van der Waals surface area contributed by atoms with Gasteiger partial charge in [-0.15, -0.1) is 0 Å². The molecule has 0 unspecified atom stereocenters. The number of nitrogens with one attached hydrogen (secondary N) is 1. The van der Waals surface area contributed by atoms with Gasteiger partial charge in [-0.2, -0.15) is 0 Å². The number of rotatable bonds is 4. The van der Waals surface area contributed by atoms with Crippen molar-refractivity contribution >= 4 is 27.5 Å². The Morgan fingerprint density at radius 1 is 0.903 bits per heavy atom. The first-order valence-electron chi connectivity index (χ1n) is 9.91. The lowest BCUT2D eigenvalue weighted by Gasteiger charge is -2.34. The van der Waals surface area contributed by atoms with Gasteiger partial charge in [-0.25, -0.2) is 8.42 Å². The minimum Gasteiger partial charge on any atom is -0.486 e. The van der Waals surface area contributed by atoms with Gasteiger partial charge in [-0.3, -0.25) is 14.3 Å². The first kappa shape index (κ1) is 21.0. The topological polar surface area (TPSA) is 105 Å². The molecule has 1 saturated heterocycles. The predicted molar refractivity (Wildman–Crippen MR) is 113 cm³/mol.